The maximum Gasteiger partial charge on any atom is 0.164 e. The van der Waals surface area contributed by atoms with Gasteiger partial charge in [0.05, 0.1) is 6.04 Å². The molecular weight excluding hydrogens is 336 g/mol. The highest BCUT2D eigenvalue weighted by atomic mass is 79.9. The Morgan fingerprint density at radius 1 is 1.11 bits per heavy atom. The first-order valence-corrected chi connectivity index (χ1v) is 6.74. The van der Waals surface area contributed by atoms with E-state index in [2.05, 4.69) is 15.9 Å². The van der Waals surface area contributed by atoms with E-state index in [1.54, 1.807) is 18.2 Å². The molecule has 0 amide bonds. The van der Waals surface area contributed by atoms with E-state index in [-0.39, 0.29) is 11.1 Å². The maximum atomic E-state index is 13.9. The van der Waals surface area contributed by atoms with E-state index in [1.807, 2.05) is 0 Å². The lowest BCUT2D eigenvalue weighted by Gasteiger charge is -2.16. The van der Waals surface area contributed by atoms with E-state index in [1.165, 1.54) is 19.1 Å². The van der Waals surface area contributed by atoms with Gasteiger partial charge in [-0.15, -0.1) is 0 Å². The van der Waals surface area contributed by atoms with Gasteiger partial charge in [-0.2, -0.15) is 0 Å². The lowest BCUT2D eigenvalue weighted by Crippen LogP contribution is -2.15. The van der Waals surface area contributed by atoms with Crippen molar-refractivity contribution in [2.45, 2.75) is 13.0 Å². The zero-order valence-electron chi connectivity index (χ0n) is 10.1. The fraction of sp³-hybridized carbons (Fsp3) is 0.143. The van der Waals surface area contributed by atoms with Crippen molar-refractivity contribution < 1.29 is 8.78 Å². The summed E-state index contributed by atoms with van der Waals surface area (Å²) in [5, 5.41) is 0.540. The summed E-state index contributed by atoms with van der Waals surface area (Å²) in [6, 6.07) is 7.26. The lowest BCUT2D eigenvalue weighted by atomic mass is 9.98. The third-order valence-electron chi connectivity index (χ3n) is 2.94. The normalized spacial score (nSPS) is 12.5. The molecule has 2 aromatic rings. The van der Waals surface area contributed by atoms with Crippen LogP contribution in [0, 0.1) is 18.6 Å². The Balaban J connectivity index is 2.50. The molecule has 19 heavy (non-hydrogen) atoms. The van der Waals surface area contributed by atoms with Gasteiger partial charge in [0, 0.05) is 15.1 Å². The minimum atomic E-state index is -0.908. The molecule has 0 saturated heterocycles. The van der Waals surface area contributed by atoms with Crippen LogP contribution >= 0.6 is 27.5 Å². The Kier molecular flexibility index (Phi) is 4.23. The second-order valence-electron chi connectivity index (χ2n) is 4.24. The highest BCUT2D eigenvalue weighted by Crippen LogP contribution is 2.31. The molecule has 5 heteroatoms. The van der Waals surface area contributed by atoms with Gasteiger partial charge in [-0.3, -0.25) is 0 Å². The topological polar surface area (TPSA) is 26.0 Å². The molecule has 0 saturated carbocycles. The molecule has 1 atom stereocenters. The van der Waals surface area contributed by atoms with Crippen LogP contribution < -0.4 is 5.73 Å². The number of hydrogen-bond donors (Lipinski definition) is 1. The molecule has 1 unspecified atom stereocenters. The molecule has 0 bridgehead atoms. The van der Waals surface area contributed by atoms with Crippen LogP contribution in [0.3, 0.4) is 0 Å². The zero-order chi connectivity index (χ0) is 14.2. The fourth-order valence-electron chi connectivity index (χ4n) is 1.82. The highest BCUT2D eigenvalue weighted by Gasteiger charge is 2.19. The smallest absolute Gasteiger partial charge is 0.164 e. The van der Waals surface area contributed by atoms with Crippen LogP contribution in [0.5, 0.6) is 0 Å². The first kappa shape index (κ1) is 14.4. The molecular formula is C14H11BrClF2N. The summed E-state index contributed by atoms with van der Waals surface area (Å²) < 4.78 is 28.1. The molecule has 2 N–H and O–H groups in total. The van der Waals surface area contributed by atoms with Gasteiger partial charge in [0.15, 0.2) is 11.6 Å². The van der Waals surface area contributed by atoms with Crippen LogP contribution in [0.4, 0.5) is 8.78 Å². The number of hydrogen-bond acceptors (Lipinski definition) is 1. The Labute approximate surface area is 123 Å². The van der Waals surface area contributed by atoms with Crippen molar-refractivity contribution in [1.82, 2.24) is 0 Å². The van der Waals surface area contributed by atoms with Crippen molar-refractivity contribution in [3.05, 3.63) is 68.2 Å². The average molecular weight is 347 g/mol. The molecule has 1 nitrogen and oxygen atoms in total. The number of rotatable bonds is 2. The summed E-state index contributed by atoms with van der Waals surface area (Å²) in [5.41, 5.74) is 7.02. The van der Waals surface area contributed by atoms with E-state index in [9.17, 15) is 8.78 Å². The summed E-state index contributed by atoms with van der Waals surface area (Å²) in [6.45, 7) is 1.51. The predicted molar refractivity (Wildman–Crippen MR) is 76.3 cm³/mol. The third kappa shape index (κ3) is 2.81. The minimum absolute atomic E-state index is 0.117. The van der Waals surface area contributed by atoms with Crippen LogP contribution in [0.25, 0.3) is 0 Å². The molecule has 2 rings (SSSR count). The standard InChI is InChI=1S/C14H11BrClF2N/c1-7-2-4-10(13(18)12(7)17)14(19)9-5-3-8(16)6-11(9)15/h2-6,14H,19H2,1H3. The van der Waals surface area contributed by atoms with Crippen molar-refractivity contribution in [2.75, 3.05) is 0 Å². The summed E-state index contributed by atoms with van der Waals surface area (Å²) in [6.07, 6.45) is 0. The van der Waals surface area contributed by atoms with E-state index >= 15 is 0 Å². The van der Waals surface area contributed by atoms with Crippen molar-refractivity contribution in [1.29, 1.82) is 0 Å². The fourth-order valence-corrected chi connectivity index (χ4v) is 2.75. The van der Waals surface area contributed by atoms with Gasteiger partial charge in [-0.25, -0.2) is 8.78 Å². The zero-order valence-corrected chi connectivity index (χ0v) is 12.4. The summed E-state index contributed by atoms with van der Waals surface area (Å²) in [7, 11) is 0. The molecule has 100 valence electrons. The monoisotopic (exact) mass is 345 g/mol. The molecule has 0 radical (unpaired) electrons. The molecule has 2 aromatic carbocycles. The van der Waals surface area contributed by atoms with Crippen molar-refractivity contribution in [3.63, 3.8) is 0 Å². The second-order valence-corrected chi connectivity index (χ2v) is 5.53. The second kappa shape index (κ2) is 5.57. The molecule has 0 heterocycles. The van der Waals surface area contributed by atoms with Crippen molar-refractivity contribution >= 4 is 27.5 Å². The van der Waals surface area contributed by atoms with Crippen LogP contribution in [-0.4, -0.2) is 0 Å². The van der Waals surface area contributed by atoms with Gasteiger partial charge in [0.1, 0.15) is 0 Å². The molecule has 0 aliphatic rings. The van der Waals surface area contributed by atoms with Gasteiger partial charge in [-0.05, 0) is 30.2 Å². The van der Waals surface area contributed by atoms with E-state index in [4.69, 9.17) is 17.3 Å². The van der Waals surface area contributed by atoms with E-state index < -0.39 is 17.7 Å². The Morgan fingerprint density at radius 3 is 2.37 bits per heavy atom. The SMILES string of the molecule is Cc1ccc(C(N)c2ccc(Cl)cc2Br)c(F)c1F. The van der Waals surface area contributed by atoms with Crippen molar-refractivity contribution in [2.24, 2.45) is 5.73 Å². The summed E-state index contributed by atoms with van der Waals surface area (Å²) in [4.78, 5) is 0. The van der Waals surface area contributed by atoms with Crippen LogP contribution in [0.2, 0.25) is 5.02 Å². The van der Waals surface area contributed by atoms with Crippen molar-refractivity contribution in [3.8, 4) is 0 Å². The number of nitrogens with two attached hydrogens (primary N) is 1. The average Bonchev–Trinajstić information content (AvgIpc) is 2.35. The quantitative estimate of drug-likeness (QED) is 0.835. The minimum Gasteiger partial charge on any atom is -0.320 e. The largest absolute Gasteiger partial charge is 0.320 e. The van der Waals surface area contributed by atoms with Gasteiger partial charge >= 0.3 is 0 Å². The number of halogens is 4. The molecule has 0 fully saturated rings. The summed E-state index contributed by atoms with van der Waals surface area (Å²) in [5.74, 6) is -1.77. The van der Waals surface area contributed by atoms with Gasteiger partial charge in [0.25, 0.3) is 0 Å². The van der Waals surface area contributed by atoms with Gasteiger partial charge < -0.3 is 5.73 Å². The van der Waals surface area contributed by atoms with Crippen LogP contribution in [0.1, 0.15) is 22.7 Å². The molecule has 0 aliphatic heterocycles. The first-order chi connectivity index (χ1) is 8.91. The molecule has 0 spiro atoms. The third-order valence-corrected chi connectivity index (χ3v) is 3.86. The number of benzene rings is 2. The van der Waals surface area contributed by atoms with Crippen LogP contribution in [0.15, 0.2) is 34.8 Å². The number of aryl methyl sites for hydroxylation is 1. The first-order valence-electron chi connectivity index (χ1n) is 5.57. The molecule has 0 aromatic heterocycles. The lowest BCUT2D eigenvalue weighted by molar-refractivity contribution is 0.489. The Hall–Kier alpha value is -0.970. The Bertz CT molecular complexity index is 631. The summed E-state index contributed by atoms with van der Waals surface area (Å²) >= 11 is 9.16. The van der Waals surface area contributed by atoms with E-state index in [0.717, 1.165) is 0 Å². The predicted octanol–water partition coefficient (Wildman–Crippen LogP) is 4.74. The van der Waals surface area contributed by atoms with Crippen LogP contribution in [-0.2, 0) is 0 Å². The van der Waals surface area contributed by atoms with E-state index in [0.29, 0.717) is 15.1 Å². The maximum absolute atomic E-state index is 13.9. The Morgan fingerprint density at radius 2 is 1.74 bits per heavy atom. The highest BCUT2D eigenvalue weighted by molar-refractivity contribution is 9.10. The van der Waals surface area contributed by atoms with Gasteiger partial charge in [0.2, 0.25) is 0 Å². The molecule has 0 aliphatic carbocycles. The van der Waals surface area contributed by atoms with Gasteiger partial charge in [-0.1, -0.05) is 45.7 Å².